The summed E-state index contributed by atoms with van der Waals surface area (Å²) in [6.45, 7) is 1.40. The maximum absolute atomic E-state index is 12.6. The van der Waals surface area contributed by atoms with Gasteiger partial charge in [0.2, 0.25) is 0 Å². The second-order valence-electron chi connectivity index (χ2n) is 6.31. The first-order valence-corrected chi connectivity index (χ1v) is 8.72. The van der Waals surface area contributed by atoms with Crippen LogP contribution in [0, 0.1) is 0 Å². The van der Waals surface area contributed by atoms with Crippen molar-refractivity contribution in [1.29, 1.82) is 0 Å². The van der Waals surface area contributed by atoms with Crippen LogP contribution in [0.4, 0.5) is 0 Å². The number of halogens is 1. The van der Waals surface area contributed by atoms with Crippen molar-refractivity contribution in [3.8, 4) is 5.75 Å². The van der Waals surface area contributed by atoms with Crippen LogP contribution in [0.3, 0.4) is 0 Å². The topological polar surface area (TPSA) is 34.5 Å². The number of carbonyl (C=O) groups excluding carboxylic acids is 1. The summed E-state index contributed by atoms with van der Waals surface area (Å²) in [5, 5.41) is 1.88. The highest BCUT2D eigenvalue weighted by atomic mass is 35.5. The Morgan fingerprint density at radius 2 is 1.92 bits per heavy atom. The van der Waals surface area contributed by atoms with Gasteiger partial charge < -0.3 is 14.2 Å². The molecule has 0 bridgehead atoms. The molecule has 5 heteroatoms. The fraction of sp³-hybridized carbons (Fsp3) is 0.250. The molecule has 0 spiro atoms. The first-order valence-electron chi connectivity index (χ1n) is 8.35. The van der Waals surface area contributed by atoms with Crippen molar-refractivity contribution in [1.82, 2.24) is 9.47 Å². The highest BCUT2D eigenvalue weighted by Crippen LogP contribution is 2.30. The monoisotopic (exact) mass is 354 g/mol. The smallest absolute Gasteiger partial charge is 0.260 e. The molecule has 1 aliphatic heterocycles. The highest BCUT2D eigenvalue weighted by molar-refractivity contribution is 6.30. The molecule has 25 heavy (non-hydrogen) atoms. The van der Waals surface area contributed by atoms with E-state index < -0.39 is 0 Å². The van der Waals surface area contributed by atoms with Crippen molar-refractivity contribution in [2.24, 2.45) is 7.05 Å². The lowest BCUT2D eigenvalue weighted by Crippen LogP contribution is -2.39. The van der Waals surface area contributed by atoms with Crippen molar-refractivity contribution >= 4 is 28.4 Å². The lowest BCUT2D eigenvalue weighted by Gasteiger charge is -2.28. The van der Waals surface area contributed by atoms with E-state index >= 15 is 0 Å². The molecule has 0 saturated carbocycles. The predicted molar refractivity (Wildman–Crippen MR) is 99.0 cm³/mol. The van der Waals surface area contributed by atoms with E-state index in [2.05, 4.69) is 29.8 Å². The van der Waals surface area contributed by atoms with Crippen LogP contribution >= 0.6 is 11.6 Å². The van der Waals surface area contributed by atoms with Gasteiger partial charge in [-0.25, -0.2) is 0 Å². The minimum absolute atomic E-state index is 0.00790. The van der Waals surface area contributed by atoms with E-state index in [4.69, 9.17) is 16.3 Å². The first-order chi connectivity index (χ1) is 12.1. The maximum atomic E-state index is 12.6. The molecule has 2 heterocycles. The molecule has 0 N–H and O–H groups in total. The molecule has 1 aromatic heterocycles. The number of ether oxygens (including phenoxy) is 1. The van der Waals surface area contributed by atoms with Crippen LogP contribution < -0.4 is 4.74 Å². The molecule has 2 aromatic carbocycles. The quantitative estimate of drug-likeness (QED) is 0.717. The van der Waals surface area contributed by atoms with Crippen molar-refractivity contribution in [2.75, 3.05) is 13.2 Å². The van der Waals surface area contributed by atoms with Gasteiger partial charge in [-0.2, -0.15) is 0 Å². The van der Waals surface area contributed by atoms with E-state index in [-0.39, 0.29) is 12.5 Å². The van der Waals surface area contributed by atoms with E-state index in [9.17, 15) is 4.79 Å². The normalized spacial score (nSPS) is 13.8. The van der Waals surface area contributed by atoms with Crippen LogP contribution in [0.5, 0.6) is 5.75 Å². The second-order valence-corrected chi connectivity index (χ2v) is 6.75. The third-order valence-electron chi connectivity index (χ3n) is 4.84. The summed E-state index contributed by atoms with van der Waals surface area (Å²) in [7, 11) is 2.10. The van der Waals surface area contributed by atoms with Gasteiger partial charge in [-0.1, -0.05) is 29.8 Å². The van der Waals surface area contributed by atoms with Crippen molar-refractivity contribution < 1.29 is 9.53 Å². The predicted octanol–water partition coefficient (Wildman–Crippen LogP) is 3.80. The lowest BCUT2D eigenvalue weighted by molar-refractivity contribution is -0.134. The Labute approximate surface area is 151 Å². The summed E-state index contributed by atoms with van der Waals surface area (Å²) in [6.07, 6.45) is 0.868. The standard InChI is InChI=1S/C20H19ClN2O2/c1-22-18-5-3-2-4-16(18)17-12-23(11-10-19(17)22)20(24)13-25-15-8-6-14(21)7-9-15/h2-9H,10-13H2,1H3. The number of aromatic nitrogens is 1. The van der Waals surface area contributed by atoms with Gasteiger partial charge in [0.15, 0.2) is 6.61 Å². The van der Waals surface area contributed by atoms with Crippen LogP contribution in [0.1, 0.15) is 11.3 Å². The Kier molecular flexibility index (Phi) is 4.14. The zero-order valence-corrected chi connectivity index (χ0v) is 14.8. The van der Waals surface area contributed by atoms with Crippen molar-refractivity contribution in [3.63, 3.8) is 0 Å². The van der Waals surface area contributed by atoms with Crippen LogP contribution in [-0.4, -0.2) is 28.5 Å². The number of rotatable bonds is 3. The Morgan fingerprint density at radius 3 is 2.72 bits per heavy atom. The average Bonchev–Trinajstić information content (AvgIpc) is 2.93. The number of hydrogen-bond donors (Lipinski definition) is 0. The highest BCUT2D eigenvalue weighted by Gasteiger charge is 2.25. The molecule has 0 saturated heterocycles. The number of aryl methyl sites for hydroxylation is 1. The van der Waals surface area contributed by atoms with Crippen molar-refractivity contribution in [3.05, 3.63) is 64.8 Å². The number of amides is 1. The number of para-hydroxylation sites is 1. The second kappa shape index (κ2) is 6.45. The van der Waals surface area contributed by atoms with Crippen LogP contribution in [0.25, 0.3) is 10.9 Å². The van der Waals surface area contributed by atoms with Crippen molar-refractivity contribution in [2.45, 2.75) is 13.0 Å². The molecular weight excluding hydrogens is 336 g/mol. The molecule has 3 aromatic rings. The Balaban J connectivity index is 1.49. The molecule has 0 aliphatic carbocycles. The lowest BCUT2D eigenvalue weighted by atomic mass is 10.0. The average molecular weight is 355 g/mol. The van der Waals surface area contributed by atoms with E-state index in [1.165, 1.54) is 22.2 Å². The third-order valence-corrected chi connectivity index (χ3v) is 5.09. The van der Waals surface area contributed by atoms with Gasteiger partial charge >= 0.3 is 0 Å². The summed E-state index contributed by atoms with van der Waals surface area (Å²) < 4.78 is 7.85. The van der Waals surface area contributed by atoms with E-state index in [0.717, 1.165) is 13.0 Å². The fourth-order valence-electron chi connectivity index (χ4n) is 3.51. The Hall–Kier alpha value is -2.46. The van der Waals surface area contributed by atoms with Gasteiger partial charge in [0.05, 0.1) is 0 Å². The number of benzene rings is 2. The first kappa shape index (κ1) is 16.0. The minimum Gasteiger partial charge on any atom is -0.484 e. The zero-order valence-electron chi connectivity index (χ0n) is 14.0. The summed E-state index contributed by atoms with van der Waals surface area (Å²) in [5.41, 5.74) is 3.80. The SMILES string of the molecule is Cn1c2c(c3ccccc31)CN(C(=O)COc1ccc(Cl)cc1)CC2. The molecule has 4 nitrogen and oxygen atoms in total. The summed E-state index contributed by atoms with van der Waals surface area (Å²) in [4.78, 5) is 14.4. The van der Waals surface area contributed by atoms with Crippen LogP contribution in [0.2, 0.25) is 5.02 Å². The summed E-state index contributed by atoms with van der Waals surface area (Å²) in [6, 6.07) is 15.4. The molecule has 1 amide bonds. The molecule has 0 atom stereocenters. The molecule has 0 radical (unpaired) electrons. The van der Waals surface area contributed by atoms with Gasteiger partial charge in [0, 0.05) is 53.7 Å². The van der Waals surface area contributed by atoms with Gasteiger partial charge in [-0.15, -0.1) is 0 Å². The molecule has 0 fully saturated rings. The maximum Gasteiger partial charge on any atom is 0.260 e. The molecule has 128 valence electrons. The summed E-state index contributed by atoms with van der Waals surface area (Å²) in [5.74, 6) is 0.661. The number of fused-ring (bicyclic) bond motifs is 3. The van der Waals surface area contributed by atoms with Gasteiger partial charge in [-0.3, -0.25) is 4.79 Å². The summed E-state index contributed by atoms with van der Waals surface area (Å²) >= 11 is 5.86. The number of carbonyl (C=O) groups is 1. The Morgan fingerprint density at radius 1 is 1.16 bits per heavy atom. The fourth-order valence-corrected chi connectivity index (χ4v) is 3.64. The van der Waals surface area contributed by atoms with Crippen LogP contribution in [0.15, 0.2) is 48.5 Å². The molecule has 1 aliphatic rings. The van der Waals surface area contributed by atoms with Crippen LogP contribution in [-0.2, 0) is 24.8 Å². The van der Waals surface area contributed by atoms with Gasteiger partial charge in [0.25, 0.3) is 5.91 Å². The third kappa shape index (κ3) is 2.98. The zero-order chi connectivity index (χ0) is 17.4. The molecular formula is C20H19ClN2O2. The number of nitrogens with zero attached hydrogens (tertiary/aromatic N) is 2. The van der Waals surface area contributed by atoms with E-state index in [1.54, 1.807) is 24.3 Å². The Bertz CT molecular complexity index is 931. The van der Waals surface area contributed by atoms with E-state index in [0.29, 0.717) is 17.3 Å². The largest absolute Gasteiger partial charge is 0.484 e. The number of hydrogen-bond acceptors (Lipinski definition) is 2. The molecule has 0 unspecified atom stereocenters. The van der Waals surface area contributed by atoms with E-state index in [1.807, 2.05) is 11.0 Å². The van der Waals surface area contributed by atoms with Gasteiger partial charge in [0.1, 0.15) is 5.75 Å². The molecule has 4 rings (SSSR count). The van der Waals surface area contributed by atoms with Gasteiger partial charge in [-0.05, 0) is 30.3 Å². The minimum atomic E-state index is 0.00790.